The summed E-state index contributed by atoms with van der Waals surface area (Å²) in [6.45, 7) is 1.40. The average Bonchev–Trinajstić information content (AvgIpc) is 2.42. The molecule has 3 atom stereocenters. The molecule has 0 fully saturated rings. The first-order chi connectivity index (χ1) is 9.79. The van der Waals surface area contributed by atoms with Gasteiger partial charge < -0.3 is 32.3 Å². The van der Waals surface area contributed by atoms with Gasteiger partial charge in [0.25, 0.3) is 0 Å². The summed E-state index contributed by atoms with van der Waals surface area (Å²) in [4.78, 5) is 34.0. The van der Waals surface area contributed by atoms with Gasteiger partial charge in [0.15, 0.2) is 0 Å². The number of nitrogens with two attached hydrogens (primary N) is 2. The molecule has 21 heavy (non-hydrogen) atoms. The quantitative estimate of drug-likeness (QED) is 0.243. The maximum absolute atomic E-state index is 11.6. The number of carboxylic acid groups (broad SMARTS) is 1. The summed E-state index contributed by atoms with van der Waals surface area (Å²) in [5, 5.41) is 22.6. The van der Waals surface area contributed by atoms with Crippen molar-refractivity contribution >= 4 is 17.8 Å². The summed E-state index contributed by atoms with van der Waals surface area (Å²) < 4.78 is 0. The number of carbonyl (C=O) groups is 3. The average molecular weight is 304 g/mol. The number of aliphatic hydroxyl groups excluding tert-OH is 1. The Hall–Kier alpha value is -1.71. The van der Waals surface area contributed by atoms with Gasteiger partial charge in [-0.3, -0.25) is 9.59 Å². The second-order valence-electron chi connectivity index (χ2n) is 4.73. The molecular formula is C12H24N4O5. The summed E-state index contributed by atoms with van der Waals surface area (Å²) in [5.41, 5.74) is 10.7. The van der Waals surface area contributed by atoms with Crippen molar-refractivity contribution in [1.29, 1.82) is 0 Å². The van der Waals surface area contributed by atoms with Crippen LogP contribution in [0.5, 0.6) is 0 Å². The molecule has 0 saturated carbocycles. The van der Waals surface area contributed by atoms with Gasteiger partial charge in [-0.2, -0.15) is 0 Å². The van der Waals surface area contributed by atoms with Crippen LogP contribution in [-0.2, 0) is 14.4 Å². The predicted octanol–water partition coefficient (Wildman–Crippen LogP) is -2.49. The second kappa shape index (κ2) is 10.1. The first-order valence-electron chi connectivity index (χ1n) is 6.73. The molecule has 2 amide bonds. The highest BCUT2D eigenvalue weighted by molar-refractivity contribution is 5.89. The number of aliphatic hydroxyl groups is 1. The lowest BCUT2D eigenvalue weighted by Gasteiger charge is -2.16. The largest absolute Gasteiger partial charge is 0.480 e. The first kappa shape index (κ1) is 19.3. The topological polar surface area (TPSA) is 168 Å². The van der Waals surface area contributed by atoms with Crippen LogP contribution in [0, 0.1) is 0 Å². The Labute approximate surface area is 123 Å². The molecule has 0 rings (SSSR count). The van der Waals surface area contributed by atoms with Crippen LogP contribution in [-0.4, -0.2) is 59.3 Å². The molecule has 0 spiro atoms. The standard InChI is InChI=1S/C12H24N4O5/c1-7(17)10(14)11(19)15-6-9(18)16-8(12(20)21)4-2-3-5-13/h7-8,10,17H,2-6,13-14H2,1H3,(H,15,19)(H,16,18)(H,20,21). The molecule has 0 aromatic heterocycles. The summed E-state index contributed by atoms with van der Waals surface area (Å²) >= 11 is 0. The summed E-state index contributed by atoms with van der Waals surface area (Å²) in [6, 6.07) is -2.16. The first-order valence-corrected chi connectivity index (χ1v) is 6.73. The smallest absolute Gasteiger partial charge is 0.326 e. The van der Waals surface area contributed by atoms with E-state index in [2.05, 4.69) is 10.6 Å². The molecule has 0 aromatic carbocycles. The number of unbranched alkanes of at least 4 members (excludes halogenated alkanes) is 1. The minimum atomic E-state index is -1.15. The summed E-state index contributed by atoms with van der Waals surface area (Å²) in [6.07, 6.45) is 0.461. The molecule has 0 aliphatic carbocycles. The van der Waals surface area contributed by atoms with E-state index in [1.54, 1.807) is 0 Å². The number of amides is 2. The van der Waals surface area contributed by atoms with Crippen molar-refractivity contribution in [1.82, 2.24) is 10.6 Å². The van der Waals surface area contributed by atoms with Crippen molar-refractivity contribution in [3.05, 3.63) is 0 Å². The van der Waals surface area contributed by atoms with Crippen LogP contribution in [0.25, 0.3) is 0 Å². The molecule has 0 radical (unpaired) electrons. The number of hydrogen-bond acceptors (Lipinski definition) is 6. The second-order valence-corrected chi connectivity index (χ2v) is 4.73. The van der Waals surface area contributed by atoms with E-state index in [0.29, 0.717) is 19.4 Å². The number of carboxylic acids is 1. The molecule has 0 aromatic rings. The molecule has 8 N–H and O–H groups in total. The fourth-order valence-electron chi connectivity index (χ4n) is 1.50. The third kappa shape index (κ3) is 8.23. The highest BCUT2D eigenvalue weighted by Gasteiger charge is 2.22. The zero-order chi connectivity index (χ0) is 16.4. The van der Waals surface area contributed by atoms with Gasteiger partial charge in [-0.05, 0) is 32.7 Å². The van der Waals surface area contributed by atoms with Crippen LogP contribution in [0.1, 0.15) is 26.2 Å². The van der Waals surface area contributed by atoms with Gasteiger partial charge in [0, 0.05) is 0 Å². The Morgan fingerprint density at radius 3 is 2.33 bits per heavy atom. The lowest BCUT2D eigenvalue weighted by Crippen LogP contribution is -2.51. The lowest BCUT2D eigenvalue weighted by atomic mass is 10.1. The van der Waals surface area contributed by atoms with Gasteiger partial charge >= 0.3 is 5.97 Å². The Morgan fingerprint density at radius 1 is 1.24 bits per heavy atom. The van der Waals surface area contributed by atoms with Gasteiger partial charge in [-0.15, -0.1) is 0 Å². The van der Waals surface area contributed by atoms with Crippen molar-refractivity contribution in [3.8, 4) is 0 Å². The zero-order valence-electron chi connectivity index (χ0n) is 12.0. The van der Waals surface area contributed by atoms with Crippen molar-refractivity contribution in [2.45, 2.75) is 44.4 Å². The zero-order valence-corrected chi connectivity index (χ0v) is 12.0. The molecular weight excluding hydrogens is 280 g/mol. The van der Waals surface area contributed by atoms with E-state index in [9.17, 15) is 14.4 Å². The third-order valence-electron chi connectivity index (χ3n) is 2.83. The highest BCUT2D eigenvalue weighted by atomic mass is 16.4. The molecule has 9 heteroatoms. The van der Waals surface area contributed by atoms with Crippen LogP contribution >= 0.6 is 0 Å². The molecule has 3 unspecified atom stereocenters. The van der Waals surface area contributed by atoms with E-state index >= 15 is 0 Å². The fourth-order valence-corrected chi connectivity index (χ4v) is 1.50. The number of aliphatic carboxylic acids is 1. The maximum Gasteiger partial charge on any atom is 0.326 e. The van der Waals surface area contributed by atoms with Crippen LogP contribution in [0.15, 0.2) is 0 Å². The van der Waals surface area contributed by atoms with Crippen LogP contribution in [0.3, 0.4) is 0 Å². The summed E-state index contributed by atoms with van der Waals surface area (Å²) in [7, 11) is 0. The predicted molar refractivity (Wildman–Crippen MR) is 75.1 cm³/mol. The Kier molecular flexibility index (Phi) is 9.26. The minimum absolute atomic E-state index is 0.263. The lowest BCUT2D eigenvalue weighted by molar-refractivity contribution is -0.142. The maximum atomic E-state index is 11.6. The Balaban J connectivity index is 4.20. The number of hydrogen-bond donors (Lipinski definition) is 6. The van der Waals surface area contributed by atoms with E-state index in [0.717, 1.165) is 0 Å². The van der Waals surface area contributed by atoms with Gasteiger partial charge in [0.2, 0.25) is 11.8 Å². The Bertz CT molecular complexity index is 362. The SMILES string of the molecule is CC(O)C(N)C(=O)NCC(=O)NC(CCCCN)C(=O)O. The highest BCUT2D eigenvalue weighted by Crippen LogP contribution is 2.00. The van der Waals surface area contributed by atoms with E-state index < -0.39 is 42.5 Å². The van der Waals surface area contributed by atoms with Crippen molar-refractivity contribution in [3.63, 3.8) is 0 Å². The number of rotatable bonds is 10. The van der Waals surface area contributed by atoms with Gasteiger partial charge in [-0.1, -0.05) is 0 Å². The molecule has 0 saturated heterocycles. The number of carbonyl (C=O) groups excluding carboxylic acids is 2. The Morgan fingerprint density at radius 2 is 1.86 bits per heavy atom. The summed E-state index contributed by atoms with van der Waals surface area (Å²) in [5.74, 6) is -2.47. The minimum Gasteiger partial charge on any atom is -0.480 e. The van der Waals surface area contributed by atoms with E-state index in [1.165, 1.54) is 6.92 Å². The van der Waals surface area contributed by atoms with E-state index in [4.69, 9.17) is 21.7 Å². The monoisotopic (exact) mass is 304 g/mol. The molecule has 0 aliphatic rings. The molecule has 122 valence electrons. The van der Waals surface area contributed by atoms with Gasteiger partial charge in [0.1, 0.15) is 12.1 Å². The van der Waals surface area contributed by atoms with Crippen LogP contribution < -0.4 is 22.1 Å². The van der Waals surface area contributed by atoms with Gasteiger partial charge in [-0.25, -0.2) is 4.79 Å². The van der Waals surface area contributed by atoms with Crippen molar-refractivity contribution in [2.24, 2.45) is 11.5 Å². The normalized spacial score (nSPS) is 14.9. The van der Waals surface area contributed by atoms with Crippen molar-refractivity contribution in [2.75, 3.05) is 13.1 Å². The molecule has 0 bridgehead atoms. The van der Waals surface area contributed by atoms with Gasteiger partial charge in [0.05, 0.1) is 12.6 Å². The van der Waals surface area contributed by atoms with E-state index in [1.807, 2.05) is 0 Å². The molecule has 0 aliphatic heterocycles. The number of nitrogens with one attached hydrogen (secondary N) is 2. The fraction of sp³-hybridized carbons (Fsp3) is 0.750. The van der Waals surface area contributed by atoms with Crippen molar-refractivity contribution < 1.29 is 24.6 Å². The third-order valence-corrected chi connectivity index (χ3v) is 2.83. The van der Waals surface area contributed by atoms with Crippen LogP contribution in [0.4, 0.5) is 0 Å². The molecule has 0 heterocycles. The molecule has 9 nitrogen and oxygen atoms in total. The van der Waals surface area contributed by atoms with E-state index in [-0.39, 0.29) is 6.42 Å². The van der Waals surface area contributed by atoms with Crippen LogP contribution in [0.2, 0.25) is 0 Å².